The Kier molecular flexibility index (Phi) is 5.29. The van der Waals surface area contributed by atoms with E-state index in [-0.39, 0.29) is 24.4 Å². The van der Waals surface area contributed by atoms with Crippen molar-refractivity contribution in [3.05, 3.63) is 20.8 Å². The summed E-state index contributed by atoms with van der Waals surface area (Å²) in [5.41, 5.74) is -5.22. The summed E-state index contributed by atoms with van der Waals surface area (Å²) in [5, 5.41) is -0.632. The Morgan fingerprint density at radius 3 is 1.83 bits per heavy atom. The average molecular weight is 370 g/mol. The second-order valence-corrected chi connectivity index (χ2v) is 5.19. The lowest BCUT2D eigenvalue weighted by Gasteiger charge is -2.24. The van der Waals surface area contributed by atoms with Crippen molar-refractivity contribution in [3.8, 4) is 0 Å². The summed E-state index contributed by atoms with van der Waals surface area (Å²) in [4.78, 5) is 15.5. The molecule has 0 saturated heterocycles. The van der Waals surface area contributed by atoms with E-state index in [1.165, 1.54) is 13.8 Å². The van der Waals surface area contributed by atoms with Gasteiger partial charge in [0, 0.05) is 13.1 Å². The molecule has 0 aliphatic heterocycles. The van der Waals surface area contributed by atoms with Crippen molar-refractivity contribution >= 4 is 16.5 Å². The van der Waals surface area contributed by atoms with E-state index in [4.69, 9.17) is 0 Å². The first-order valence-electron chi connectivity index (χ1n) is 6.09. The summed E-state index contributed by atoms with van der Waals surface area (Å²) in [6.07, 6.45) is -12.0. The third-order valence-electron chi connectivity index (χ3n) is 2.80. The Morgan fingerprint density at radius 2 is 1.48 bits per heavy atom. The highest BCUT2D eigenvalue weighted by Gasteiger charge is 2.63. The minimum absolute atomic E-state index is 0.0574. The van der Waals surface area contributed by atoms with Crippen LogP contribution in [0.5, 0.6) is 0 Å². The minimum Gasteiger partial charge on any atom is -0.349 e. The van der Waals surface area contributed by atoms with Crippen LogP contribution in [0.1, 0.15) is 25.1 Å². The number of anilines is 1. The van der Waals surface area contributed by atoms with E-state index in [0.29, 0.717) is 0 Å². The highest BCUT2D eigenvalue weighted by atomic mass is 32.1. The van der Waals surface area contributed by atoms with Crippen molar-refractivity contribution in [2.75, 3.05) is 18.0 Å². The highest BCUT2D eigenvalue weighted by molar-refractivity contribution is 7.13. The third kappa shape index (κ3) is 3.72. The van der Waals surface area contributed by atoms with E-state index >= 15 is 0 Å². The van der Waals surface area contributed by atoms with Crippen LogP contribution in [0, 0.1) is 0 Å². The summed E-state index contributed by atoms with van der Waals surface area (Å²) in [6.45, 7) is 3.06. The van der Waals surface area contributed by atoms with Crippen molar-refractivity contribution in [3.63, 3.8) is 0 Å². The van der Waals surface area contributed by atoms with Crippen LogP contribution in [0.25, 0.3) is 0 Å². The van der Waals surface area contributed by atoms with Gasteiger partial charge in [0.1, 0.15) is 11.3 Å². The molecule has 0 amide bonds. The van der Waals surface area contributed by atoms with Gasteiger partial charge in [0.25, 0.3) is 0 Å². The highest BCUT2D eigenvalue weighted by Crippen LogP contribution is 2.47. The molecule has 0 bridgehead atoms. The zero-order valence-corrected chi connectivity index (χ0v) is 12.5. The summed E-state index contributed by atoms with van der Waals surface area (Å²) in [6, 6.07) is 0. The SMILES string of the molecule is CCN(CC)c1nc(C(F)(F)C(F)(F)F)c(C(F)(F)F)c(=O)s1. The van der Waals surface area contributed by atoms with Crippen molar-refractivity contribution < 1.29 is 35.1 Å². The van der Waals surface area contributed by atoms with Gasteiger partial charge in [-0.15, -0.1) is 0 Å². The van der Waals surface area contributed by atoms with Gasteiger partial charge in [0.2, 0.25) is 4.74 Å². The standard InChI is InChI=1S/C11H10F8N2OS/c1-3-21(4-2)8-20-6(9(12,13)11(17,18)19)5(7(22)23-8)10(14,15)16/h3-4H2,1-2H3. The molecule has 0 N–H and O–H groups in total. The first-order valence-corrected chi connectivity index (χ1v) is 6.91. The molecule has 12 heteroatoms. The fourth-order valence-electron chi connectivity index (χ4n) is 1.65. The predicted molar refractivity (Wildman–Crippen MR) is 66.9 cm³/mol. The molecule has 0 radical (unpaired) electrons. The maximum absolute atomic E-state index is 13.4. The van der Waals surface area contributed by atoms with E-state index in [9.17, 15) is 39.9 Å². The van der Waals surface area contributed by atoms with Gasteiger partial charge < -0.3 is 4.90 Å². The van der Waals surface area contributed by atoms with E-state index in [1.807, 2.05) is 0 Å². The summed E-state index contributed by atoms with van der Waals surface area (Å²) in [5.74, 6) is -5.91. The molecule has 1 aromatic rings. The number of alkyl halides is 8. The van der Waals surface area contributed by atoms with Gasteiger partial charge in [-0.3, -0.25) is 4.79 Å². The van der Waals surface area contributed by atoms with E-state index in [0.717, 1.165) is 4.90 Å². The number of nitrogens with zero attached hydrogens (tertiary/aromatic N) is 2. The van der Waals surface area contributed by atoms with Gasteiger partial charge in [-0.2, -0.15) is 35.1 Å². The molecule has 0 aromatic carbocycles. The first-order chi connectivity index (χ1) is 10.3. The van der Waals surface area contributed by atoms with Gasteiger partial charge in [-0.05, 0) is 13.8 Å². The fraction of sp³-hybridized carbons (Fsp3) is 0.636. The first kappa shape index (κ1) is 19.6. The van der Waals surface area contributed by atoms with Crippen LogP contribution in [0.3, 0.4) is 0 Å². The van der Waals surface area contributed by atoms with Crippen LogP contribution in [0.4, 0.5) is 40.3 Å². The van der Waals surface area contributed by atoms with Crippen molar-refractivity contribution in [2.24, 2.45) is 0 Å². The van der Waals surface area contributed by atoms with Crippen LogP contribution in [0.2, 0.25) is 0 Å². The van der Waals surface area contributed by atoms with Gasteiger partial charge >= 0.3 is 18.3 Å². The summed E-state index contributed by atoms with van der Waals surface area (Å²) < 4.78 is 101. The Labute approximate surface area is 128 Å². The zero-order chi connectivity index (χ0) is 18.2. The number of aromatic nitrogens is 1. The third-order valence-corrected chi connectivity index (χ3v) is 3.72. The molecule has 0 saturated carbocycles. The number of hydrogen-bond donors (Lipinski definition) is 0. The number of rotatable bonds is 4. The second kappa shape index (κ2) is 6.21. The molecule has 0 fully saturated rings. The molecule has 0 aliphatic carbocycles. The van der Waals surface area contributed by atoms with Crippen LogP contribution in [-0.4, -0.2) is 24.2 Å². The Bertz CT molecular complexity index is 618. The molecule has 0 unspecified atom stereocenters. The molecule has 0 aliphatic rings. The Hall–Kier alpha value is -1.46. The molecule has 0 spiro atoms. The smallest absolute Gasteiger partial charge is 0.349 e. The largest absolute Gasteiger partial charge is 0.459 e. The lowest BCUT2D eigenvalue weighted by Crippen LogP contribution is -2.39. The summed E-state index contributed by atoms with van der Waals surface area (Å²) >= 11 is -0.132. The minimum atomic E-state index is -6.32. The maximum atomic E-state index is 13.4. The monoisotopic (exact) mass is 370 g/mol. The Balaban J connectivity index is 3.79. The van der Waals surface area contributed by atoms with Crippen molar-refractivity contribution in [1.82, 2.24) is 4.98 Å². The summed E-state index contributed by atoms with van der Waals surface area (Å²) in [7, 11) is 0. The van der Waals surface area contributed by atoms with Gasteiger partial charge in [0.05, 0.1) is 0 Å². The zero-order valence-electron chi connectivity index (χ0n) is 11.6. The van der Waals surface area contributed by atoms with Crippen LogP contribution in [-0.2, 0) is 12.1 Å². The van der Waals surface area contributed by atoms with E-state index < -0.39 is 39.4 Å². The van der Waals surface area contributed by atoms with Crippen LogP contribution >= 0.6 is 11.3 Å². The van der Waals surface area contributed by atoms with E-state index in [1.54, 1.807) is 0 Å². The quantitative estimate of drug-likeness (QED) is 0.751. The molecular weight excluding hydrogens is 360 g/mol. The molecule has 132 valence electrons. The molecule has 1 rings (SSSR count). The number of halogens is 8. The normalized spacial score (nSPS) is 13.3. The van der Waals surface area contributed by atoms with Gasteiger partial charge in [-0.25, -0.2) is 4.98 Å². The average Bonchev–Trinajstić information content (AvgIpc) is 2.36. The van der Waals surface area contributed by atoms with Crippen molar-refractivity contribution in [2.45, 2.75) is 32.1 Å². The molecule has 23 heavy (non-hydrogen) atoms. The van der Waals surface area contributed by atoms with Crippen LogP contribution < -0.4 is 9.64 Å². The molecule has 1 aromatic heterocycles. The van der Waals surface area contributed by atoms with Crippen molar-refractivity contribution in [1.29, 1.82) is 0 Å². The lowest BCUT2D eigenvalue weighted by molar-refractivity contribution is -0.292. The van der Waals surface area contributed by atoms with Gasteiger partial charge in [-0.1, -0.05) is 11.3 Å². The molecule has 1 heterocycles. The van der Waals surface area contributed by atoms with Gasteiger partial charge in [0.15, 0.2) is 5.13 Å². The maximum Gasteiger partial charge on any atom is 0.459 e. The predicted octanol–water partition coefficient (Wildman–Crippen LogP) is 4.02. The topological polar surface area (TPSA) is 33.2 Å². The molecular formula is C11H10F8N2OS. The molecule has 0 atom stereocenters. The van der Waals surface area contributed by atoms with E-state index in [2.05, 4.69) is 4.98 Å². The van der Waals surface area contributed by atoms with Crippen LogP contribution in [0.15, 0.2) is 4.79 Å². The lowest BCUT2D eigenvalue weighted by atomic mass is 10.1. The fourth-order valence-corrected chi connectivity index (χ4v) is 2.65. The Morgan fingerprint density at radius 1 is 1.00 bits per heavy atom. The second-order valence-electron chi connectivity index (χ2n) is 4.25. The molecule has 3 nitrogen and oxygen atoms in total. The number of hydrogen-bond acceptors (Lipinski definition) is 4.